The normalized spacial score (nSPS) is 23.8. The van der Waals surface area contributed by atoms with E-state index in [0.717, 1.165) is 6.42 Å². The minimum atomic E-state index is 0.293. The van der Waals surface area contributed by atoms with Crippen molar-refractivity contribution in [3.8, 4) is 0 Å². The Morgan fingerprint density at radius 3 is 2.21 bits per heavy atom. The second kappa shape index (κ2) is 5.10. The predicted octanol–water partition coefficient (Wildman–Crippen LogP) is 1.49. The molecule has 1 saturated carbocycles. The highest BCUT2D eigenvalue weighted by atomic mass is 15.3. The molecule has 3 N–H and O–H groups in total. The molecule has 0 aromatic rings. The van der Waals surface area contributed by atoms with Gasteiger partial charge in [-0.1, -0.05) is 26.2 Å². The van der Waals surface area contributed by atoms with Gasteiger partial charge < -0.3 is 4.90 Å². The number of nitrogens with one attached hydrogen (secondary N) is 1. The minimum absolute atomic E-state index is 0.293. The zero-order chi connectivity index (χ0) is 10.6. The lowest BCUT2D eigenvalue weighted by Crippen LogP contribution is -2.61. The molecule has 0 heterocycles. The van der Waals surface area contributed by atoms with E-state index in [-0.39, 0.29) is 0 Å². The molecule has 84 valence electrons. The molecule has 0 aromatic heterocycles. The third kappa shape index (κ3) is 2.10. The number of nitrogens with two attached hydrogens (primary N) is 1. The summed E-state index contributed by atoms with van der Waals surface area (Å²) in [5, 5.41) is 0. The Balaban J connectivity index is 2.78. The van der Waals surface area contributed by atoms with Crippen molar-refractivity contribution >= 4 is 0 Å². The van der Waals surface area contributed by atoms with Gasteiger partial charge in [-0.05, 0) is 33.4 Å². The average molecular weight is 199 g/mol. The van der Waals surface area contributed by atoms with Crippen molar-refractivity contribution in [1.82, 2.24) is 10.3 Å². The van der Waals surface area contributed by atoms with E-state index in [2.05, 4.69) is 31.3 Å². The van der Waals surface area contributed by atoms with Crippen LogP contribution in [0.15, 0.2) is 0 Å². The molecular formula is C11H25N3. The number of rotatable bonds is 4. The summed E-state index contributed by atoms with van der Waals surface area (Å²) in [6.45, 7) is 2.21. The lowest BCUT2D eigenvalue weighted by atomic mass is 9.74. The first-order valence-electron chi connectivity index (χ1n) is 5.81. The highest BCUT2D eigenvalue weighted by Gasteiger charge is 2.40. The monoisotopic (exact) mass is 199 g/mol. The average Bonchev–Trinajstić information content (AvgIpc) is 2.21. The third-order valence-corrected chi connectivity index (χ3v) is 3.87. The molecule has 1 aliphatic rings. The minimum Gasteiger partial charge on any atom is -0.302 e. The Hall–Kier alpha value is -0.120. The fraction of sp³-hybridized carbons (Fsp3) is 1.00. The number of hydrogen-bond donors (Lipinski definition) is 2. The van der Waals surface area contributed by atoms with Gasteiger partial charge in [0, 0.05) is 11.6 Å². The van der Waals surface area contributed by atoms with Crippen molar-refractivity contribution in [2.24, 2.45) is 5.84 Å². The summed E-state index contributed by atoms with van der Waals surface area (Å²) in [5.74, 6) is 5.66. The van der Waals surface area contributed by atoms with E-state index < -0.39 is 0 Å². The number of nitrogens with zero attached hydrogens (tertiary/aromatic N) is 1. The van der Waals surface area contributed by atoms with Crippen LogP contribution in [-0.4, -0.2) is 30.6 Å². The van der Waals surface area contributed by atoms with E-state index in [4.69, 9.17) is 5.84 Å². The second-order valence-electron chi connectivity index (χ2n) is 4.69. The fourth-order valence-electron chi connectivity index (χ4n) is 2.92. The zero-order valence-corrected chi connectivity index (χ0v) is 9.84. The van der Waals surface area contributed by atoms with Crippen molar-refractivity contribution in [3.63, 3.8) is 0 Å². The summed E-state index contributed by atoms with van der Waals surface area (Å²) in [6.07, 6.45) is 7.74. The largest absolute Gasteiger partial charge is 0.302 e. The molecule has 0 radical (unpaired) electrons. The first kappa shape index (κ1) is 12.0. The van der Waals surface area contributed by atoms with Crippen molar-refractivity contribution in [1.29, 1.82) is 0 Å². The molecule has 1 aliphatic carbocycles. The Bertz CT molecular complexity index is 158. The molecule has 0 aliphatic heterocycles. The second-order valence-corrected chi connectivity index (χ2v) is 4.69. The highest BCUT2D eigenvalue weighted by molar-refractivity contribution is 4.99. The lowest BCUT2D eigenvalue weighted by molar-refractivity contribution is 0.0553. The van der Waals surface area contributed by atoms with Gasteiger partial charge in [0.25, 0.3) is 0 Å². The Kier molecular flexibility index (Phi) is 4.35. The first-order valence-corrected chi connectivity index (χ1v) is 5.81. The van der Waals surface area contributed by atoms with Crippen molar-refractivity contribution < 1.29 is 0 Å². The van der Waals surface area contributed by atoms with E-state index in [9.17, 15) is 0 Å². The summed E-state index contributed by atoms with van der Waals surface area (Å²) in [4.78, 5) is 2.38. The molecule has 1 unspecified atom stereocenters. The third-order valence-electron chi connectivity index (χ3n) is 3.87. The molecule has 1 atom stereocenters. The Morgan fingerprint density at radius 1 is 1.29 bits per heavy atom. The van der Waals surface area contributed by atoms with Gasteiger partial charge in [-0.25, -0.2) is 0 Å². The van der Waals surface area contributed by atoms with Gasteiger partial charge in [0.2, 0.25) is 0 Å². The maximum Gasteiger partial charge on any atom is 0.0391 e. The van der Waals surface area contributed by atoms with Gasteiger partial charge in [0.05, 0.1) is 0 Å². The van der Waals surface area contributed by atoms with Crippen LogP contribution in [-0.2, 0) is 0 Å². The van der Waals surface area contributed by atoms with Gasteiger partial charge in [0.1, 0.15) is 0 Å². The first-order chi connectivity index (χ1) is 6.67. The lowest BCUT2D eigenvalue weighted by Gasteiger charge is -2.48. The van der Waals surface area contributed by atoms with Crippen LogP contribution in [0, 0.1) is 0 Å². The van der Waals surface area contributed by atoms with Crippen LogP contribution in [0.3, 0.4) is 0 Å². The van der Waals surface area contributed by atoms with Gasteiger partial charge in [-0.15, -0.1) is 0 Å². The molecule has 14 heavy (non-hydrogen) atoms. The summed E-state index contributed by atoms with van der Waals surface area (Å²) in [6, 6.07) is 0.429. The van der Waals surface area contributed by atoms with Gasteiger partial charge in [-0.3, -0.25) is 11.3 Å². The van der Waals surface area contributed by atoms with E-state index in [1.54, 1.807) is 0 Å². The standard InChI is InChI=1S/C11H25N3/c1-4-10(13-12)11(14(2)3)8-6-5-7-9-11/h10,13H,4-9,12H2,1-3H3. The van der Waals surface area contributed by atoms with Crippen LogP contribution < -0.4 is 11.3 Å². The number of likely N-dealkylation sites (N-methyl/N-ethyl adjacent to an activating group) is 1. The molecule has 0 saturated heterocycles. The van der Waals surface area contributed by atoms with Crippen LogP contribution in [0.25, 0.3) is 0 Å². The maximum atomic E-state index is 5.66. The van der Waals surface area contributed by atoms with Crippen molar-refractivity contribution in [3.05, 3.63) is 0 Å². The molecule has 3 nitrogen and oxygen atoms in total. The van der Waals surface area contributed by atoms with Crippen molar-refractivity contribution in [2.45, 2.75) is 57.0 Å². The van der Waals surface area contributed by atoms with E-state index in [1.165, 1.54) is 32.1 Å². The van der Waals surface area contributed by atoms with Crippen LogP contribution >= 0.6 is 0 Å². The van der Waals surface area contributed by atoms with Crippen LogP contribution in [0.2, 0.25) is 0 Å². The van der Waals surface area contributed by atoms with E-state index in [1.807, 2.05) is 0 Å². The molecule has 0 bridgehead atoms. The molecule has 0 amide bonds. The predicted molar refractivity (Wildman–Crippen MR) is 60.9 cm³/mol. The quantitative estimate of drug-likeness (QED) is 0.532. The number of hydrogen-bond acceptors (Lipinski definition) is 3. The summed E-state index contributed by atoms with van der Waals surface area (Å²) in [7, 11) is 4.37. The summed E-state index contributed by atoms with van der Waals surface area (Å²) in [5.41, 5.74) is 3.30. The van der Waals surface area contributed by atoms with Gasteiger partial charge in [-0.2, -0.15) is 0 Å². The Labute approximate surface area is 88.0 Å². The van der Waals surface area contributed by atoms with E-state index in [0.29, 0.717) is 11.6 Å². The van der Waals surface area contributed by atoms with Crippen LogP contribution in [0.5, 0.6) is 0 Å². The summed E-state index contributed by atoms with van der Waals surface area (Å²) >= 11 is 0. The Morgan fingerprint density at radius 2 is 1.86 bits per heavy atom. The van der Waals surface area contributed by atoms with Crippen LogP contribution in [0.1, 0.15) is 45.4 Å². The zero-order valence-electron chi connectivity index (χ0n) is 9.84. The van der Waals surface area contributed by atoms with Gasteiger partial charge >= 0.3 is 0 Å². The molecule has 3 heteroatoms. The number of hydrazine groups is 1. The maximum absolute atomic E-state index is 5.66. The summed E-state index contributed by atoms with van der Waals surface area (Å²) < 4.78 is 0. The molecule has 1 fully saturated rings. The van der Waals surface area contributed by atoms with Crippen LogP contribution in [0.4, 0.5) is 0 Å². The topological polar surface area (TPSA) is 41.3 Å². The fourth-order valence-corrected chi connectivity index (χ4v) is 2.92. The smallest absolute Gasteiger partial charge is 0.0391 e. The highest BCUT2D eigenvalue weighted by Crippen LogP contribution is 2.35. The SMILES string of the molecule is CCC(NN)C1(N(C)C)CCCCC1. The molecule has 0 spiro atoms. The molecule has 0 aromatic carbocycles. The van der Waals surface area contributed by atoms with Gasteiger partial charge in [0.15, 0.2) is 0 Å². The van der Waals surface area contributed by atoms with Crippen molar-refractivity contribution in [2.75, 3.05) is 14.1 Å². The molecule has 1 rings (SSSR count). The van der Waals surface area contributed by atoms with E-state index >= 15 is 0 Å². The molecular weight excluding hydrogens is 174 g/mol.